The number of piperidine rings is 2. The molecule has 6 nitrogen and oxygen atoms in total. The summed E-state index contributed by atoms with van der Waals surface area (Å²) in [5.74, 6) is 21.2. The van der Waals surface area contributed by atoms with Gasteiger partial charge in [-0.25, -0.2) is 0 Å². The van der Waals surface area contributed by atoms with Crippen molar-refractivity contribution in [2.24, 2.45) is 139 Å². The van der Waals surface area contributed by atoms with E-state index in [0.717, 1.165) is 128 Å². The molecule has 0 aromatic carbocycles. The molecule has 0 unspecified atom stereocenters. The van der Waals surface area contributed by atoms with Crippen molar-refractivity contribution in [2.75, 3.05) is 94.5 Å². The van der Waals surface area contributed by atoms with Crippen molar-refractivity contribution in [1.29, 1.82) is 0 Å². The zero-order valence-corrected chi connectivity index (χ0v) is 101. The van der Waals surface area contributed by atoms with Gasteiger partial charge in [-0.3, -0.25) is 0 Å². The normalized spacial score (nSPS) is 20.6. The molecular weight excluding hydrogens is 1600 g/mol. The Morgan fingerprint density at radius 2 is 0.583 bits per heavy atom. The first-order chi connectivity index (χ1) is 59.8. The fourth-order valence-electron chi connectivity index (χ4n) is 22.9. The van der Waals surface area contributed by atoms with Crippen molar-refractivity contribution in [3.05, 3.63) is 0 Å². The monoisotopic (exact) mass is 1860 g/mol. The summed E-state index contributed by atoms with van der Waals surface area (Å²) < 4.78 is 17.6. The smallest absolute Gasteiger partial charge is 0.0728 e. The van der Waals surface area contributed by atoms with Crippen molar-refractivity contribution in [3.63, 3.8) is 0 Å². The molecule has 0 radical (unpaired) electrons. The van der Waals surface area contributed by atoms with Crippen LogP contribution in [0.15, 0.2) is 0 Å². The quantitative estimate of drug-likeness (QED) is 0.125. The van der Waals surface area contributed by atoms with Crippen molar-refractivity contribution in [1.82, 2.24) is 16.0 Å². The van der Waals surface area contributed by atoms with Crippen molar-refractivity contribution in [3.8, 4) is 0 Å². The SMILES string of the molecule is CC.CC.CC.CC.CC.CC.CC.CC.CC.CC(C)C1(C(C)C)CCCCN1.CC(C)C1(C(C)C)CCCCO1.CC(C)C1(C(C)C)CCCCS1.CC(C)C1(C(C)C)CCCNC1.CC(C)C1(C(C)C)CCCNCC1.CC(C)C1(C(C)C)CCCOC1.CC(C)C1(C(C)C)CCCSC1.CC(C)C1(C(C)C)CCOCC1.CC(C)C1(C(C)C)CCSCC1. The minimum atomic E-state index is 0.179. The molecule has 9 fully saturated rings. The Hall–Kier alpha value is 0.810. The maximum absolute atomic E-state index is 5.99. The summed E-state index contributed by atoms with van der Waals surface area (Å²) >= 11 is 6.52. The molecule has 0 aromatic rings. The first-order valence-electron chi connectivity index (χ1n) is 56.6. The molecule has 0 atom stereocenters. The van der Waals surface area contributed by atoms with Gasteiger partial charge in [0, 0.05) is 43.3 Å². The summed E-state index contributed by atoms with van der Waals surface area (Å²) in [6, 6.07) is 0. The van der Waals surface area contributed by atoms with Crippen LogP contribution in [-0.4, -0.2) is 110 Å². The van der Waals surface area contributed by atoms with Crippen LogP contribution in [-0.2, 0) is 14.2 Å². The lowest BCUT2D eigenvalue weighted by Gasteiger charge is -2.45. The van der Waals surface area contributed by atoms with Crippen LogP contribution < -0.4 is 16.0 Å². The lowest BCUT2D eigenvalue weighted by atomic mass is 9.64. The van der Waals surface area contributed by atoms with E-state index >= 15 is 0 Å². The van der Waals surface area contributed by atoms with Crippen molar-refractivity contribution >= 4 is 35.3 Å². The largest absolute Gasteiger partial charge is 0.381 e. The number of hydrogen-bond donors (Lipinski definition) is 3. The number of hydrogen-bond acceptors (Lipinski definition) is 9. The Morgan fingerprint density at radius 1 is 0.220 bits per heavy atom. The van der Waals surface area contributed by atoms with Gasteiger partial charge in [-0.05, 0) is 322 Å². The van der Waals surface area contributed by atoms with Gasteiger partial charge in [0.1, 0.15) is 0 Å². The fourth-order valence-corrected chi connectivity index (χ4v) is 27.6. The third kappa shape index (κ3) is 49.5. The van der Waals surface area contributed by atoms with Gasteiger partial charge in [-0.1, -0.05) is 387 Å². The Labute approximate surface area is 824 Å². The third-order valence-electron chi connectivity index (χ3n) is 32.6. The van der Waals surface area contributed by atoms with E-state index in [0.29, 0.717) is 54.6 Å². The third-order valence-corrected chi connectivity index (χ3v) is 37.0. The molecule has 0 spiro atoms. The van der Waals surface area contributed by atoms with Gasteiger partial charge >= 0.3 is 0 Å². The summed E-state index contributed by atoms with van der Waals surface area (Å²) in [7, 11) is 0. The summed E-state index contributed by atoms with van der Waals surface area (Å²) in [5, 5.41) is 10.8. The molecule has 0 aliphatic carbocycles. The highest BCUT2D eigenvalue weighted by atomic mass is 32.2. The van der Waals surface area contributed by atoms with Crippen LogP contribution in [0.5, 0.6) is 0 Å². The molecule has 0 amide bonds. The van der Waals surface area contributed by atoms with Gasteiger partial charge in [0.2, 0.25) is 0 Å². The molecule has 9 rings (SSSR count). The zero-order valence-electron chi connectivity index (χ0n) is 99.0. The summed E-state index contributed by atoms with van der Waals surface area (Å²) in [6.07, 6.45) is 30.1. The van der Waals surface area contributed by atoms with E-state index in [2.05, 4.69) is 300 Å². The van der Waals surface area contributed by atoms with E-state index in [9.17, 15) is 0 Å². The summed E-state index contributed by atoms with van der Waals surface area (Å²) in [6.45, 7) is 132. The molecule has 9 heteroatoms. The van der Waals surface area contributed by atoms with Crippen LogP contribution in [0.3, 0.4) is 0 Å². The van der Waals surface area contributed by atoms with E-state index in [-0.39, 0.29) is 5.60 Å². The number of ether oxygens (including phenoxy) is 3. The Kier molecular flexibility index (Phi) is 96.0. The van der Waals surface area contributed by atoms with Crippen LogP contribution >= 0.6 is 35.3 Å². The number of rotatable bonds is 18. The van der Waals surface area contributed by atoms with Crippen LogP contribution in [0.4, 0.5) is 0 Å². The predicted octanol–water partition coefficient (Wildman–Crippen LogP) is 38.8. The van der Waals surface area contributed by atoms with Crippen molar-refractivity contribution in [2.45, 2.75) is 531 Å². The second-order valence-electron chi connectivity index (χ2n) is 42.5. The average molecular weight is 1860 g/mol. The highest BCUT2D eigenvalue weighted by molar-refractivity contribution is 8.00. The molecule has 9 aliphatic heterocycles. The topological polar surface area (TPSA) is 63.8 Å². The Bertz CT molecular complexity index is 1690. The predicted molar refractivity (Wildman–Crippen MR) is 602 cm³/mol. The minimum Gasteiger partial charge on any atom is -0.381 e. The molecule has 3 N–H and O–H groups in total. The molecule has 0 saturated carbocycles. The Morgan fingerprint density at radius 3 is 0.827 bits per heavy atom. The van der Waals surface area contributed by atoms with Gasteiger partial charge in [-0.2, -0.15) is 35.3 Å². The van der Waals surface area contributed by atoms with E-state index in [1.165, 1.54) is 203 Å². The van der Waals surface area contributed by atoms with Gasteiger partial charge in [0.05, 0.1) is 12.2 Å². The average Bonchev–Trinajstić information content (AvgIpc) is 1.82. The fraction of sp³-hybridized carbons (Fsp3) is 1.00. The van der Waals surface area contributed by atoms with E-state index in [1.54, 1.807) is 0 Å². The zero-order chi connectivity index (χ0) is 101. The maximum atomic E-state index is 5.99. The molecule has 9 aliphatic rings. The molecule has 780 valence electrons. The Balaban J connectivity index is -0.000000172. The van der Waals surface area contributed by atoms with Crippen LogP contribution in [0, 0.1) is 139 Å². The molecular formula is C118H257N3O3S3. The maximum Gasteiger partial charge on any atom is 0.0728 e. The van der Waals surface area contributed by atoms with Crippen LogP contribution in [0.1, 0.15) is 515 Å². The van der Waals surface area contributed by atoms with E-state index in [1.807, 2.05) is 125 Å². The molecule has 0 bridgehead atoms. The first-order valence-corrected chi connectivity index (χ1v) is 59.9. The highest BCUT2D eigenvalue weighted by Crippen LogP contribution is 2.52. The lowest BCUT2D eigenvalue weighted by molar-refractivity contribution is -0.137. The van der Waals surface area contributed by atoms with Gasteiger partial charge in [0.15, 0.2) is 0 Å². The van der Waals surface area contributed by atoms with Crippen LogP contribution in [0.2, 0.25) is 0 Å². The molecule has 0 aromatic heterocycles. The minimum absolute atomic E-state index is 0.179. The van der Waals surface area contributed by atoms with Gasteiger partial charge < -0.3 is 30.2 Å². The molecule has 9 saturated heterocycles. The second-order valence-corrected chi connectivity index (χ2v) is 46.3. The molecule has 127 heavy (non-hydrogen) atoms. The van der Waals surface area contributed by atoms with E-state index in [4.69, 9.17) is 14.2 Å². The standard InChI is InChI=1S/C12H25N.2C11H23N.3C11H22O.3C11H22S.9C2H6/c1-10(2)12(11(3)4)6-5-8-13-9-7-12;1-9(2)11(10(3)4)6-5-7-12-8-11;1-9(2)11(10(3)4)7-5-6-8-12-11;1-9(2)11(10(3)4)5-7-12-8-6-11;1-9(2)11(10(3)4)6-5-7-12-8-11;1-9(2)11(10(3)4)7-5-6-8-12-11;1-9(2)11(10(3)4)5-7-12-8-6-11;1-9(2)11(10(3)4)6-5-7-12-8-11;1-9(2)11(10(3)4)7-5-6-8-12-11;9*1-2/h10-11,13H,5-9H2,1-4H3;2*9-10,12H,5-8H2,1-4H3;6*9-10H,5-8H2,1-4H3;9*1-2H3. The summed E-state index contributed by atoms with van der Waals surface area (Å²) in [5.41, 5.74) is 4.09. The van der Waals surface area contributed by atoms with Gasteiger partial charge in [-0.15, -0.1) is 0 Å². The van der Waals surface area contributed by atoms with Crippen molar-refractivity contribution < 1.29 is 14.2 Å². The lowest BCUT2D eigenvalue weighted by Crippen LogP contribution is -2.56. The van der Waals surface area contributed by atoms with E-state index < -0.39 is 0 Å². The van der Waals surface area contributed by atoms with Crippen LogP contribution in [0.25, 0.3) is 0 Å². The highest BCUT2D eigenvalue weighted by Gasteiger charge is 2.45. The van der Waals surface area contributed by atoms with Gasteiger partial charge in [0.25, 0.3) is 0 Å². The number of thioether (sulfide) groups is 3. The molecule has 9 heterocycles. The second kappa shape index (κ2) is 83.8. The first kappa shape index (κ1) is 146. The summed E-state index contributed by atoms with van der Waals surface area (Å²) in [4.78, 5) is 0. The number of nitrogens with one attached hydrogen (secondary N) is 3.